The number of nitrogens with zero attached hydrogens (tertiary/aromatic N) is 1. The Hall–Kier alpha value is -1.84. The van der Waals surface area contributed by atoms with Gasteiger partial charge in [-0.3, -0.25) is 9.59 Å². The first-order valence-corrected chi connectivity index (χ1v) is 9.61. The van der Waals surface area contributed by atoms with Crippen molar-refractivity contribution in [3.05, 3.63) is 29.3 Å². The van der Waals surface area contributed by atoms with Crippen molar-refractivity contribution in [1.82, 2.24) is 5.32 Å². The van der Waals surface area contributed by atoms with Crippen LogP contribution in [0.4, 0.5) is 5.69 Å². The van der Waals surface area contributed by atoms with E-state index in [2.05, 4.69) is 26.1 Å². The predicted molar refractivity (Wildman–Crippen MR) is 103 cm³/mol. The van der Waals surface area contributed by atoms with Crippen molar-refractivity contribution in [2.24, 2.45) is 11.8 Å². The minimum Gasteiger partial charge on any atom is -0.356 e. The van der Waals surface area contributed by atoms with Crippen LogP contribution in [-0.2, 0) is 9.59 Å². The van der Waals surface area contributed by atoms with Gasteiger partial charge in [-0.1, -0.05) is 39.2 Å². The molecular weight excluding hydrogens is 312 g/mol. The van der Waals surface area contributed by atoms with Crippen LogP contribution >= 0.6 is 0 Å². The molecule has 2 amide bonds. The maximum Gasteiger partial charge on any atom is 0.227 e. The minimum atomic E-state index is -0.238. The molecule has 2 unspecified atom stereocenters. The quantitative estimate of drug-likeness (QED) is 0.775. The Balaban J connectivity index is 1.92. The number of aryl methyl sites for hydroxylation is 2. The highest BCUT2D eigenvalue weighted by molar-refractivity contribution is 6.00. The standard InChI is InChI=1S/C21H32N2O2/c1-5-7-8-17(6-2)13-22-21(25)18-12-20(24)23(14-18)19-10-9-15(3)16(4)11-19/h9-11,17-18H,5-8,12-14H2,1-4H3,(H,22,25). The summed E-state index contributed by atoms with van der Waals surface area (Å²) in [6, 6.07) is 6.04. The molecule has 1 aromatic carbocycles. The summed E-state index contributed by atoms with van der Waals surface area (Å²) in [6.45, 7) is 9.68. The zero-order valence-electron chi connectivity index (χ0n) is 16.1. The number of carbonyl (C=O) groups excluding carboxylic acids is 2. The molecule has 1 fully saturated rings. The lowest BCUT2D eigenvalue weighted by molar-refractivity contribution is -0.126. The summed E-state index contributed by atoms with van der Waals surface area (Å²) in [7, 11) is 0. The molecule has 2 atom stereocenters. The van der Waals surface area contributed by atoms with Crippen molar-refractivity contribution in [3.8, 4) is 0 Å². The molecule has 25 heavy (non-hydrogen) atoms. The molecule has 1 aliphatic rings. The summed E-state index contributed by atoms with van der Waals surface area (Å²) in [6.07, 6.45) is 4.94. The number of anilines is 1. The second-order valence-electron chi connectivity index (χ2n) is 7.34. The van der Waals surface area contributed by atoms with Gasteiger partial charge < -0.3 is 10.2 Å². The molecule has 0 aliphatic carbocycles. The lowest BCUT2D eigenvalue weighted by Crippen LogP contribution is -2.35. The number of carbonyl (C=O) groups is 2. The van der Waals surface area contributed by atoms with Gasteiger partial charge in [0.25, 0.3) is 0 Å². The second-order valence-corrected chi connectivity index (χ2v) is 7.34. The van der Waals surface area contributed by atoms with E-state index in [1.165, 1.54) is 24.0 Å². The fourth-order valence-corrected chi connectivity index (χ4v) is 3.36. The van der Waals surface area contributed by atoms with Gasteiger partial charge in [0.15, 0.2) is 0 Å². The van der Waals surface area contributed by atoms with Crippen LogP contribution in [0.2, 0.25) is 0 Å². The number of unbranched alkanes of at least 4 members (excludes halogenated alkanes) is 1. The van der Waals surface area contributed by atoms with Gasteiger partial charge in [-0.15, -0.1) is 0 Å². The van der Waals surface area contributed by atoms with Crippen LogP contribution in [0.25, 0.3) is 0 Å². The van der Waals surface area contributed by atoms with Gasteiger partial charge in [-0.25, -0.2) is 0 Å². The highest BCUT2D eigenvalue weighted by Crippen LogP contribution is 2.27. The van der Waals surface area contributed by atoms with Gasteiger partial charge in [0.05, 0.1) is 5.92 Å². The average molecular weight is 344 g/mol. The molecule has 4 heteroatoms. The minimum absolute atomic E-state index is 0.0228. The third-order valence-electron chi connectivity index (χ3n) is 5.41. The van der Waals surface area contributed by atoms with E-state index >= 15 is 0 Å². The van der Waals surface area contributed by atoms with E-state index in [4.69, 9.17) is 0 Å². The van der Waals surface area contributed by atoms with Crippen molar-refractivity contribution in [3.63, 3.8) is 0 Å². The zero-order chi connectivity index (χ0) is 18.4. The topological polar surface area (TPSA) is 49.4 Å². The average Bonchev–Trinajstić information content (AvgIpc) is 2.99. The van der Waals surface area contributed by atoms with Crippen LogP contribution in [0, 0.1) is 25.7 Å². The molecule has 1 aliphatic heterocycles. The number of hydrogen-bond acceptors (Lipinski definition) is 2. The van der Waals surface area contributed by atoms with Crippen LogP contribution in [0.5, 0.6) is 0 Å². The monoisotopic (exact) mass is 344 g/mol. The maximum absolute atomic E-state index is 12.5. The normalized spacial score (nSPS) is 18.5. The highest BCUT2D eigenvalue weighted by atomic mass is 16.2. The van der Waals surface area contributed by atoms with Crippen LogP contribution in [-0.4, -0.2) is 24.9 Å². The van der Waals surface area contributed by atoms with Crippen LogP contribution in [0.3, 0.4) is 0 Å². The fourth-order valence-electron chi connectivity index (χ4n) is 3.36. The Morgan fingerprint density at radius 1 is 1.28 bits per heavy atom. The second kappa shape index (κ2) is 9.02. The summed E-state index contributed by atoms with van der Waals surface area (Å²) in [4.78, 5) is 26.6. The summed E-state index contributed by atoms with van der Waals surface area (Å²) >= 11 is 0. The molecule has 0 spiro atoms. The fraction of sp³-hybridized carbons (Fsp3) is 0.619. The van der Waals surface area contributed by atoms with Crippen molar-refractivity contribution in [1.29, 1.82) is 0 Å². The largest absolute Gasteiger partial charge is 0.356 e. The van der Waals surface area contributed by atoms with Gasteiger partial charge in [0.1, 0.15) is 0 Å². The lowest BCUT2D eigenvalue weighted by Gasteiger charge is -2.19. The molecule has 1 heterocycles. The Bertz CT molecular complexity index is 612. The first kappa shape index (κ1) is 19.5. The van der Waals surface area contributed by atoms with E-state index in [-0.39, 0.29) is 17.7 Å². The van der Waals surface area contributed by atoms with Crippen molar-refractivity contribution < 1.29 is 9.59 Å². The lowest BCUT2D eigenvalue weighted by atomic mass is 9.99. The van der Waals surface area contributed by atoms with E-state index in [0.29, 0.717) is 18.9 Å². The molecule has 4 nitrogen and oxygen atoms in total. The van der Waals surface area contributed by atoms with Gasteiger partial charge in [0.2, 0.25) is 11.8 Å². The number of hydrogen-bond donors (Lipinski definition) is 1. The zero-order valence-corrected chi connectivity index (χ0v) is 16.1. The number of rotatable bonds is 8. The molecule has 0 saturated carbocycles. The summed E-state index contributed by atoms with van der Waals surface area (Å²) < 4.78 is 0. The van der Waals surface area contributed by atoms with Crippen molar-refractivity contribution in [2.75, 3.05) is 18.0 Å². The third kappa shape index (κ3) is 5.07. The van der Waals surface area contributed by atoms with Gasteiger partial charge in [0, 0.05) is 25.2 Å². The summed E-state index contributed by atoms with van der Waals surface area (Å²) in [5.74, 6) is 0.366. The van der Waals surface area contributed by atoms with E-state index in [9.17, 15) is 9.59 Å². The van der Waals surface area contributed by atoms with Crippen LogP contribution < -0.4 is 10.2 Å². The van der Waals surface area contributed by atoms with Crippen molar-refractivity contribution >= 4 is 17.5 Å². The molecule has 138 valence electrons. The van der Waals surface area contributed by atoms with Crippen LogP contribution in [0.1, 0.15) is 57.1 Å². The summed E-state index contributed by atoms with van der Waals surface area (Å²) in [5, 5.41) is 3.08. The van der Waals surface area contributed by atoms with E-state index in [0.717, 1.165) is 25.1 Å². The third-order valence-corrected chi connectivity index (χ3v) is 5.41. The number of amides is 2. The molecule has 2 rings (SSSR count). The molecule has 0 radical (unpaired) electrons. The molecular formula is C21H32N2O2. The Morgan fingerprint density at radius 2 is 2.04 bits per heavy atom. The van der Waals surface area contributed by atoms with Crippen molar-refractivity contribution in [2.45, 2.75) is 59.8 Å². The van der Waals surface area contributed by atoms with Gasteiger partial charge in [-0.2, -0.15) is 0 Å². The smallest absolute Gasteiger partial charge is 0.227 e. The highest BCUT2D eigenvalue weighted by Gasteiger charge is 2.35. The van der Waals surface area contributed by atoms with E-state index in [1.807, 2.05) is 25.1 Å². The maximum atomic E-state index is 12.5. The molecule has 1 N–H and O–H groups in total. The molecule has 1 aromatic rings. The number of benzene rings is 1. The number of nitrogens with one attached hydrogen (secondary N) is 1. The van der Waals surface area contributed by atoms with Gasteiger partial charge >= 0.3 is 0 Å². The molecule has 1 saturated heterocycles. The summed E-state index contributed by atoms with van der Waals surface area (Å²) in [5.41, 5.74) is 3.28. The van der Waals surface area contributed by atoms with E-state index < -0.39 is 0 Å². The van der Waals surface area contributed by atoms with Gasteiger partial charge in [-0.05, 0) is 49.4 Å². The molecule has 0 bridgehead atoms. The Labute approximate surface area is 152 Å². The van der Waals surface area contributed by atoms with E-state index in [1.54, 1.807) is 4.90 Å². The SMILES string of the molecule is CCCCC(CC)CNC(=O)C1CC(=O)N(c2ccc(C)c(C)c2)C1. The first-order chi connectivity index (χ1) is 12.0. The molecule has 0 aromatic heterocycles. The Kier molecular flexibility index (Phi) is 7.03. The van der Waals surface area contributed by atoms with Crippen LogP contribution in [0.15, 0.2) is 18.2 Å². The first-order valence-electron chi connectivity index (χ1n) is 9.61. The predicted octanol–water partition coefficient (Wildman–Crippen LogP) is 3.99. The Morgan fingerprint density at radius 3 is 2.68 bits per heavy atom.